The molecule has 2 aromatic carbocycles. The van der Waals surface area contributed by atoms with E-state index in [1.807, 2.05) is 54.6 Å². The molecule has 27 heavy (non-hydrogen) atoms. The second-order valence-electron chi connectivity index (χ2n) is 6.52. The minimum atomic E-state index is -0.656. The molecule has 1 amide bonds. The van der Waals surface area contributed by atoms with Gasteiger partial charge in [-0.05, 0) is 50.1 Å². The number of para-hydroxylation sites is 1. The first-order chi connectivity index (χ1) is 13.0. The Morgan fingerprint density at radius 1 is 1.00 bits per heavy atom. The molecule has 0 atom stereocenters. The second-order valence-corrected chi connectivity index (χ2v) is 6.52. The topological polar surface area (TPSA) is 64.0 Å². The van der Waals surface area contributed by atoms with Crippen molar-refractivity contribution in [2.45, 2.75) is 33.6 Å². The van der Waals surface area contributed by atoms with Gasteiger partial charge in [-0.3, -0.25) is 9.59 Å². The smallest absolute Gasteiger partial charge is 0.296 e. The van der Waals surface area contributed by atoms with Gasteiger partial charge in [-0.2, -0.15) is 5.10 Å². The average molecular weight is 361 g/mol. The third kappa shape index (κ3) is 3.97. The molecule has 0 aliphatic carbocycles. The number of rotatable bonds is 6. The maximum Gasteiger partial charge on any atom is 0.296 e. The van der Waals surface area contributed by atoms with E-state index in [9.17, 15) is 9.59 Å². The van der Waals surface area contributed by atoms with E-state index in [1.165, 1.54) is 5.56 Å². The third-order valence-electron chi connectivity index (χ3n) is 4.48. The van der Waals surface area contributed by atoms with Gasteiger partial charge in [-0.15, -0.1) is 0 Å². The van der Waals surface area contributed by atoms with Gasteiger partial charge in [0.2, 0.25) is 0 Å². The molecule has 0 spiro atoms. The van der Waals surface area contributed by atoms with Gasteiger partial charge < -0.3 is 5.32 Å². The van der Waals surface area contributed by atoms with Crippen molar-refractivity contribution in [1.29, 1.82) is 0 Å². The maximum atomic E-state index is 12.7. The van der Waals surface area contributed by atoms with Gasteiger partial charge in [0.15, 0.2) is 0 Å². The molecule has 0 unspecified atom stereocenters. The number of amides is 1. The van der Waals surface area contributed by atoms with E-state index in [0.29, 0.717) is 22.6 Å². The number of nitrogens with one attached hydrogen (secondary N) is 1. The second kappa shape index (κ2) is 7.99. The number of hydrogen-bond donors (Lipinski definition) is 1. The van der Waals surface area contributed by atoms with Crippen LogP contribution in [0.3, 0.4) is 0 Å². The average Bonchev–Trinajstić information content (AvgIpc) is 2.98. The van der Waals surface area contributed by atoms with Gasteiger partial charge in [0.1, 0.15) is 0 Å². The van der Waals surface area contributed by atoms with Crippen molar-refractivity contribution >= 4 is 17.4 Å². The number of aromatic nitrogens is 2. The summed E-state index contributed by atoms with van der Waals surface area (Å²) in [6, 6.07) is 17.1. The molecule has 0 radical (unpaired) electrons. The van der Waals surface area contributed by atoms with Gasteiger partial charge in [-0.25, -0.2) is 4.68 Å². The Kier molecular flexibility index (Phi) is 5.50. The Labute approximate surface area is 159 Å². The van der Waals surface area contributed by atoms with Crippen LogP contribution in [0.2, 0.25) is 0 Å². The summed E-state index contributed by atoms with van der Waals surface area (Å²) in [7, 11) is 0. The van der Waals surface area contributed by atoms with E-state index in [2.05, 4.69) is 17.3 Å². The molecular weight excluding hydrogens is 338 g/mol. The summed E-state index contributed by atoms with van der Waals surface area (Å²) in [4.78, 5) is 25.2. The molecule has 3 aromatic rings. The number of nitrogens with zero attached hydrogens (tertiary/aromatic N) is 2. The monoisotopic (exact) mass is 361 g/mol. The predicted molar refractivity (Wildman–Crippen MR) is 106 cm³/mol. The van der Waals surface area contributed by atoms with Gasteiger partial charge in [0, 0.05) is 5.69 Å². The van der Waals surface area contributed by atoms with E-state index in [4.69, 9.17) is 0 Å². The lowest BCUT2D eigenvalue weighted by Crippen LogP contribution is -2.24. The molecule has 0 saturated carbocycles. The summed E-state index contributed by atoms with van der Waals surface area (Å²) in [6.45, 7) is 5.66. The quantitative estimate of drug-likeness (QED) is 0.527. The fourth-order valence-corrected chi connectivity index (χ4v) is 3.14. The SMILES string of the molecule is CCCc1ccc(NC(=O)C(=O)c2c(C)nn(-c3ccccc3)c2C)cc1. The van der Waals surface area contributed by atoms with Crippen LogP contribution in [0.4, 0.5) is 5.69 Å². The molecule has 1 aromatic heterocycles. The Morgan fingerprint density at radius 2 is 1.67 bits per heavy atom. The largest absolute Gasteiger partial charge is 0.319 e. The molecule has 5 heteroatoms. The molecule has 0 bridgehead atoms. The van der Waals surface area contributed by atoms with Crippen molar-refractivity contribution in [2.75, 3.05) is 5.32 Å². The molecule has 138 valence electrons. The first-order valence-corrected chi connectivity index (χ1v) is 9.07. The normalized spacial score (nSPS) is 10.6. The van der Waals surface area contributed by atoms with Crippen LogP contribution in [0.1, 0.15) is 40.7 Å². The van der Waals surface area contributed by atoms with E-state index in [0.717, 1.165) is 18.5 Å². The number of aryl methyl sites for hydroxylation is 2. The fourth-order valence-electron chi connectivity index (χ4n) is 3.14. The van der Waals surface area contributed by atoms with Crippen LogP contribution in [0.25, 0.3) is 5.69 Å². The van der Waals surface area contributed by atoms with Crippen LogP contribution in [-0.4, -0.2) is 21.5 Å². The zero-order chi connectivity index (χ0) is 19.4. The highest BCUT2D eigenvalue weighted by molar-refractivity contribution is 6.47. The summed E-state index contributed by atoms with van der Waals surface area (Å²) in [5.74, 6) is -1.23. The summed E-state index contributed by atoms with van der Waals surface area (Å²) in [6.07, 6.45) is 2.05. The summed E-state index contributed by atoms with van der Waals surface area (Å²) >= 11 is 0. The minimum Gasteiger partial charge on any atom is -0.319 e. The summed E-state index contributed by atoms with van der Waals surface area (Å²) in [5.41, 5.74) is 4.20. The number of carbonyl (C=O) groups is 2. The van der Waals surface area contributed by atoms with Crippen molar-refractivity contribution in [2.24, 2.45) is 0 Å². The maximum absolute atomic E-state index is 12.7. The molecule has 1 heterocycles. The standard InChI is InChI=1S/C22H23N3O2/c1-4-8-17-11-13-18(14-12-17)23-22(27)21(26)20-15(2)24-25(16(20)3)19-9-6-5-7-10-19/h5-7,9-14H,4,8H2,1-3H3,(H,23,27). The highest BCUT2D eigenvalue weighted by Gasteiger charge is 2.25. The predicted octanol–water partition coefficient (Wildman–Crippen LogP) is 4.26. The lowest BCUT2D eigenvalue weighted by molar-refractivity contribution is -0.112. The van der Waals surface area contributed by atoms with Crippen LogP contribution >= 0.6 is 0 Å². The lowest BCUT2D eigenvalue weighted by atomic mass is 10.1. The molecule has 5 nitrogen and oxygen atoms in total. The van der Waals surface area contributed by atoms with E-state index in [1.54, 1.807) is 18.5 Å². The summed E-state index contributed by atoms with van der Waals surface area (Å²) < 4.78 is 1.69. The van der Waals surface area contributed by atoms with E-state index < -0.39 is 11.7 Å². The summed E-state index contributed by atoms with van der Waals surface area (Å²) in [5, 5.41) is 7.13. The Balaban J connectivity index is 1.81. The Bertz CT molecular complexity index is 957. The van der Waals surface area contributed by atoms with E-state index in [-0.39, 0.29) is 0 Å². The zero-order valence-corrected chi connectivity index (χ0v) is 15.8. The van der Waals surface area contributed by atoms with Crippen molar-refractivity contribution in [1.82, 2.24) is 9.78 Å². The van der Waals surface area contributed by atoms with Gasteiger partial charge in [-0.1, -0.05) is 43.7 Å². The number of benzene rings is 2. The van der Waals surface area contributed by atoms with Crippen molar-refractivity contribution in [3.63, 3.8) is 0 Å². The molecule has 0 aliphatic heterocycles. The highest BCUT2D eigenvalue weighted by Crippen LogP contribution is 2.19. The van der Waals surface area contributed by atoms with Crippen LogP contribution < -0.4 is 5.32 Å². The van der Waals surface area contributed by atoms with Crippen LogP contribution in [0.5, 0.6) is 0 Å². The zero-order valence-electron chi connectivity index (χ0n) is 15.8. The highest BCUT2D eigenvalue weighted by atomic mass is 16.2. The number of carbonyl (C=O) groups excluding carboxylic acids is 2. The molecule has 3 rings (SSSR count). The van der Waals surface area contributed by atoms with Gasteiger partial charge >= 0.3 is 0 Å². The molecule has 0 aliphatic rings. The minimum absolute atomic E-state index is 0.346. The third-order valence-corrected chi connectivity index (χ3v) is 4.48. The van der Waals surface area contributed by atoms with E-state index >= 15 is 0 Å². The van der Waals surface area contributed by atoms with Crippen LogP contribution in [-0.2, 0) is 11.2 Å². The van der Waals surface area contributed by atoms with Crippen molar-refractivity contribution in [3.8, 4) is 5.69 Å². The fraction of sp³-hybridized carbons (Fsp3) is 0.227. The number of anilines is 1. The Morgan fingerprint density at radius 3 is 2.30 bits per heavy atom. The first kappa shape index (κ1) is 18.6. The Hall–Kier alpha value is -3.21. The van der Waals surface area contributed by atoms with Crippen LogP contribution in [0, 0.1) is 13.8 Å². The van der Waals surface area contributed by atoms with Crippen LogP contribution in [0.15, 0.2) is 54.6 Å². The van der Waals surface area contributed by atoms with Crippen molar-refractivity contribution < 1.29 is 9.59 Å². The number of ketones is 1. The molecule has 0 saturated heterocycles. The van der Waals surface area contributed by atoms with Gasteiger partial charge in [0.05, 0.1) is 22.6 Å². The van der Waals surface area contributed by atoms with Gasteiger partial charge in [0.25, 0.3) is 11.7 Å². The lowest BCUT2D eigenvalue weighted by Gasteiger charge is -2.07. The first-order valence-electron chi connectivity index (χ1n) is 9.07. The molecule has 0 fully saturated rings. The number of hydrogen-bond acceptors (Lipinski definition) is 3. The van der Waals surface area contributed by atoms with Crippen molar-refractivity contribution in [3.05, 3.63) is 77.1 Å². The molecule has 1 N–H and O–H groups in total. The number of Topliss-reactive ketones (excluding diaryl/α,β-unsaturated/α-hetero) is 1. The molecular formula is C22H23N3O2.